The van der Waals surface area contributed by atoms with Crippen molar-refractivity contribution in [2.24, 2.45) is 5.92 Å². The molecule has 1 aliphatic heterocycles. The van der Waals surface area contributed by atoms with E-state index in [-0.39, 0.29) is 18.4 Å². The summed E-state index contributed by atoms with van der Waals surface area (Å²) in [6.07, 6.45) is 1.48. The standard InChI is InChI=1S/C10H17NO3/c1-3-8-4-10(14)11(5-8)9(6-12)7(2)13/h3,7-9,12-13H,1,4-6H2,2H3/t7-,8?,9-/m1/s1. The first-order chi connectivity index (χ1) is 6.60. The van der Waals surface area contributed by atoms with Gasteiger partial charge >= 0.3 is 0 Å². The summed E-state index contributed by atoms with van der Waals surface area (Å²) >= 11 is 0. The van der Waals surface area contributed by atoms with Gasteiger partial charge in [0.25, 0.3) is 0 Å². The monoisotopic (exact) mass is 199 g/mol. The zero-order valence-electron chi connectivity index (χ0n) is 8.39. The van der Waals surface area contributed by atoms with Gasteiger partial charge in [-0.15, -0.1) is 6.58 Å². The van der Waals surface area contributed by atoms with Gasteiger partial charge in [-0.25, -0.2) is 0 Å². The molecule has 0 aromatic heterocycles. The second-order valence-electron chi connectivity index (χ2n) is 3.74. The molecule has 0 radical (unpaired) electrons. The Kier molecular flexibility index (Phi) is 3.66. The highest BCUT2D eigenvalue weighted by Crippen LogP contribution is 2.21. The molecule has 80 valence electrons. The van der Waals surface area contributed by atoms with E-state index in [0.717, 1.165) is 0 Å². The molecule has 0 aromatic carbocycles. The molecule has 1 rings (SSSR count). The van der Waals surface area contributed by atoms with Crippen LogP contribution in [-0.4, -0.2) is 46.3 Å². The normalized spacial score (nSPS) is 26.4. The largest absolute Gasteiger partial charge is 0.394 e. The number of aliphatic hydroxyl groups excluding tert-OH is 2. The van der Waals surface area contributed by atoms with E-state index in [1.165, 1.54) is 4.90 Å². The average Bonchev–Trinajstić information content (AvgIpc) is 2.48. The van der Waals surface area contributed by atoms with Crippen LogP contribution < -0.4 is 0 Å². The molecular formula is C10H17NO3. The van der Waals surface area contributed by atoms with Crippen LogP contribution in [0, 0.1) is 5.92 Å². The van der Waals surface area contributed by atoms with Crippen molar-refractivity contribution in [3.63, 3.8) is 0 Å². The Morgan fingerprint density at radius 2 is 2.43 bits per heavy atom. The van der Waals surface area contributed by atoms with Gasteiger partial charge in [-0.2, -0.15) is 0 Å². The Bertz CT molecular complexity index is 227. The predicted octanol–water partition coefficient (Wildman–Crippen LogP) is -0.237. The van der Waals surface area contributed by atoms with Crippen molar-refractivity contribution < 1.29 is 15.0 Å². The number of amides is 1. The predicted molar refractivity (Wildman–Crippen MR) is 52.6 cm³/mol. The maximum atomic E-state index is 11.5. The molecule has 3 atom stereocenters. The van der Waals surface area contributed by atoms with Gasteiger partial charge in [0.1, 0.15) is 0 Å². The summed E-state index contributed by atoms with van der Waals surface area (Å²) in [5, 5.41) is 18.4. The molecule has 1 fully saturated rings. The summed E-state index contributed by atoms with van der Waals surface area (Å²) < 4.78 is 0. The van der Waals surface area contributed by atoms with Crippen molar-refractivity contribution in [2.75, 3.05) is 13.2 Å². The molecular weight excluding hydrogens is 182 g/mol. The summed E-state index contributed by atoms with van der Waals surface area (Å²) in [5.41, 5.74) is 0. The minimum absolute atomic E-state index is 0.0187. The Balaban J connectivity index is 2.67. The van der Waals surface area contributed by atoms with E-state index >= 15 is 0 Å². The quantitative estimate of drug-likeness (QED) is 0.614. The molecule has 4 nitrogen and oxygen atoms in total. The first-order valence-corrected chi connectivity index (χ1v) is 4.81. The summed E-state index contributed by atoms with van der Waals surface area (Å²) in [4.78, 5) is 13.0. The second kappa shape index (κ2) is 4.57. The van der Waals surface area contributed by atoms with Crippen molar-refractivity contribution in [3.8, 4) is 0 Å². The number of aliphatic hydroxyl groups is 2. The van der Waals surface area contributed by atoms with Crippen LogP contribution in [0.5, 0.6) is 0 Å². The van der Waals surface area contributed by atoms with Gasteiger partial charge in [0.05, 0.1) is 18.8 Å². The molecule has 1 saturated heterocycles. The minimum atomic E-state index is -0.701. The van der Waals surface area contributed by atoms with Crippen molar-refractivity contribution in [1.29, 1.82) is 0 Å². The number of rotatable bonds is 4. The molecule has 14 heavy (non-hydrogen) atoms. The Hall–Kier alpha value is -0.870. The highest BCUT2D eigenvalue weighted by Gasteiger charge is 2.34. The van der Waals surface area contributed by atoms with Gasteiger partial charge < -0.3 is 15.1 Å². The Morgan fingerprint density at radius 3 is 2.79 bits per heavy atom. The van der Waals surface area contributed by atoms with E-state index in [9.17, 15) is 9.90 Å². The second-order valence-corrected chi connectivity index (χ2v) is 3.74. The number of carbonyl (C=O) groups excluding carboxylic acids is 1. The van der Waals surface area contributed by atoms with Gasteiger partial charge in [0, 0.05) is 18.9 Å². The number of likely N-dealkylation sites (tertiary alicyclic amines) is 1. The lowest BCUT2D eigenvalue weighted by atomic mass is 10.1. The van der Waals surface area contributed by atoms with Crippen LogP contribution in [0.1, 0.15) is 13.3 Å². The molecule has 0 spiro atoms. The molecule has 4 heteroatoms. The first-order valence-electron chi connectivity index (χ1n) is 4.81. The van der Waals surface area contributed by atoms with Crippen LogP contribution >= 0.6 is 0 Å². The van der Waals surface area contributed by atoms with Crippen LogP contribution in [0.3, 0.4) is 0 Å². The molecule has 1 unspecified atom stereocenters. The van der Waals surface area contributed by atoms with Crippen molar-refractivity contribution in [1.82, 2.24) is 4.90 Å². The third-order valence-electron chi connectivity index (χ3n) is 2.67. The van der Waals surface area contributed by atoms with Crippen molar-refractivity contribution in [3.05, 3.63) is 12.7 Å². The maximum absolute atomic E-state index is 11.5. The highest BCUT2D eigenvalue weighted by atomic mass is 16.3. The minimum Gasteiger partial charge on any atom is -0.394 e. The topological polar surface area (TPSA) is 60.8 Å². The van der Waals surface area contributed by atoms with E-state index in [0.29, 0.717) is 13.0 Å². The van der Waals surface area contributed by atoms with Gasteiger partial charge in [0.15, 0.2) is 0 Å². The lowest BCUT2D eigenvalue weighted by Gasteiger charge is -2.28. The summed E-state index contributed by atoms with van der Waals surface area (Å²) in [6, 6.07) is -0.479. The highest BCUT2D eigenvalue weighted by molar-refractivity contribution is 5.79. The fraction of sp³-hybridized carbons (Fsp3) is 0.700. The van der Waals surface area contributed by atoms with E-state index in [4.69, 9.17) is 5.11 Å². The summed E-state index contributed by atoms with van der Waals surface area (Å²) in [6.45, 7) is 5.57. The molecule has 0 aromatic rings. The van der Waals surface area contributed by atoms with Gasteiger partial charge in [-0.05, 0) is 6.92 Å². The maximum Gasteiger partial charge on any atom is 0.223 e. The zero-order chi connectivity index (χ0) is 10.7. The Labute approximate surface area is 83.8 Å². The van der Waals surface area contributed by atoms with Crippen molar-refractivity contribution >= 4 is 5.91 Å². The Morgan fingerprint density at radius 1 is 1.79 bits per heavy atom. The van der Waals surface area contributed by atoms with Crippen LogP contribution in [0.25, 0.3) is 0 Å². The van der Waals surface area contributed by atoms with E-state index in [1.807, 2.05) is 0 Å². The number of nitrogens with zero attached hydrogens (tertiary/aromatic N) is 1. The third kappa shape index (κ3) is 2.13. The fourth-order valence-electron chi connectivity index (χ4n) is 1.75. The number of hydrogen-bond donors (Lipinski definition) is 2. The lowest BCUT2D eigenvalue weighted by molar-refractivity contribution is -0.132. The molecule has 1 aliphatic rings. The fourth-order valence-corrected chi connectivity index (χ4v) is 1.75. The summed E-state index contributed by atoms with van der Waals surface area (Å²) in [7, 11) is 0. The van der Waals surface area contributed by atoms with E-state index in [1.54, 1.807) is 13.0 Å². The third-order valence-corrected chi connectivity index (χ3v) is 2.67. The smallest absolute Gasteiger partial charge is 0.223 e. The van der Waals surface area contributed by atoms with Crippen LogP contribution in [0.15, 0.2) is 12.7 Å². The zero-order valence-corrected chi connectivity index (χ0v) is 8.39. The molecule has 0 bridgehead atoms. The van der Waals surface area contributed by atoms with E-state index in [2.05, 4.69) is 6.58 Å². The van der Waals surface area contributed by atoms with Gasteiger partial charge in [0.2, 0.25) is 5.91 Å². The van der Waals surface area contributed by atoms with Crippen LogP contribution in [0.4, 0.5) is 0 Å². The van der Waals surface area contributed by atoms with Crippen LogP contribution in [0.2, 0.25) is 0 Å². The van der Waals surface area contributed by atoms with E-state index < -0.39 is 12.1 Å². The average molecular weight is 199 g/mol. The number of hydrogen-bond acceptors (Lipinski definition) is 3. The van der Waals surface area contributed by atoms with Gasteiger partial charge in [-0.3, -0.25) is 4.79 Å². The molecule has 2 N–H and O–H groups in total. The molecule has 1 amide bonds. The SMILES string of the molecule is C=CC1CC(=O)N([C@H](CO)[C@@H](C)O)C1. The summed E-state index contributed by atoms with van der Waals surface area (Å²) in [5.74, 6) is 0.130. The van der Waals surface area contributed by atoms with Gasteiger partial charge in [-0.1, -0.05) is 6.08 Å². The lowest BCUT2D eigenvalue weighted by Crippen LogP contribution is -2.45. The van der Waals surface area contributed by atoms with Crippen molar-refractivity contribution in [2.45, 2.75) is 25.5 Å². The van der Waals surface area contributed by atoms with Crippen LogP contribution in [-0.2, 0) is 4.79 Å². The number of carbonyl (C=O) groups is 1. The molecule has 0 aliphatic carbocycles. The first kappa shape index (κ1) is 11.2. The molecule has 1 heterocycles. The molecule has 0 saturated carbocycles.